The van der Waals surface area contributed by atoms with E-state index in [-0.39, 0.29) is 5.78 Å². The van der Waals surface area contributed by atoms with Crippen molar-refractivity contribution in [1.82, 2.24) is 14.6 Å². The Labute approximate surface area is 155 Å². The zero-order valence-electron chi connectivity index (χ0n) is 14.0. The third kappa shape index (κ3) is 3.17. The molecule has 0 fully saturated rings. The second kappa shape index (κ2) is 6.61. The highest BCUT2D eigenvalue weighted by atomic mass is 35.5. The standard InChI is InChI=1S/C20H15ClN4O/c1-13(26)14-7-11-17(12-8-14)22-20-23-19-4-2-3-18(25(19)24-20)15-5-9-16(21)10-6-15/h2-12H,1H3,(H,22,24). The van der Waals surface area contributed by atoms with Crippen LogP contribution in [0.4, 0.5) is 11.6 Å². The minimum atomic E-state index is 0.0370. The molecule has 0 saturated carbocycles. The lowest BCUT2D eigenvalue weighted by Gasteiger charge is -2.04. The third-order valence-corrected chi connectivity index (χ3v) is 4.30. The molecule has 0 aliphatic carbocycles. The molecule has 0 radical (unpaired) electrons. The number of rotatable bonds is 4. The molecule has 0 spiro atoms. The van der Waals surface area contributed by atoms with Crippen molar-refractivity contribution in [3.63, 3.8) is 0 Å². The van der Waals surface area contributed by atoms with Crippen LogP contribution in [0.1, 0.15) is 17.3 Å². The van der Waals surface area contributed by atoms with E-state index in [0.717, 1.165) is 22.6 Å². The maximum Gasteiger partial charge on any atom is 0.247 e. The predicted molar refractivity (Wildman–Crippen MR) is 103 cm³/mol. The molecule has 0 amide bonds. The fourth-order valence-electron chi connectivity index (χ4n) is 2.71. The molecule has 26 heavy (non-hydrogen) atoms. The van der Waals surface area contributed by atoms with Gasteiger partial charge in [-0.25, -0.2) is 4.52 Å². The Bertz CT molecular complexity index is 1090. The van der Waals surface area contributed by atoms with Gasteiger partial charge < -0.3 is 5.32 Å². The summed E-state index contributed by atoms with van der Waals surface area (Å²) < 4.78 is 1.79. The molecule has 0 bridgehead atoms. The van der Waals surface area contributed by atoms with Crippen LogP contribution in [0.3, 0.4) is 0 Å². The van der Waals surface area contributed by atoms with Gasteiger partial charge in [-0.3, -0.25) is 4.79 Å². The van der Waals surface area contributed by atoms with E-state index < -0.39 is 0 Å². The Kier molecular flexibility index (Phi) is 4.14. The summed E-state index contributed by atoms with van der Waals surface area (Å²) in [6, 6.07) is 20.7. The van der Waals surface area contributed by atoms with Crippen molar-refractivity contribution in [2.75, 3.05) is 5.32 Å². The number of halogens is 1. The number of anilines is 2. The average Bonchev–Trinajstić information content (AvgIpc) is 3.05. The summed E-state index contributed by atoms with van der Waals surface area (Å²) in [5.74, 6) is 0.525. The van der Waals surface area contributed by atoms with Gasteiger partial charge in [0.1, 0.15) is 0 Å². The van der Waals surface area contributed by atoms with E-state index in [1.807, 2.05) is 54.6 Å². The zero-order chi connectivity index (χ0) is 18.1. The summed E-state index contributed by atoms with van der Waals surface area (Å²) in [7, 11) is 0. The summed E-state index contributed by atoms with van der Waals surface area (Å²) in [5.41, 5.74) is 4.15. The van der Waals surface area contributed by atoms with E-state index in [1.165, 1.54) is 0 Å². The number of ketones is 1. The minimum absolute atomic E-state index is 0.0370. The molecule has 2 heterocycles. The van der Waals surface area contributed by atoms with Gasteiger partial charge >= 0.3 is 0 Å². The highest BCUT2D eigenvalue weighted by molar-refractivity contribution is 6.30. The maximum absolute atomic E-state index is 11.4. The summed E-state index contributed by atoms with van der Waals surface area (Å²) in [4.78, 5) is 15.9. The summed E-state index contributed by atoms with van der Waals surface area (Å²) in [5, 5.41) is 8.42. The lowest BCUT2D eigenvalue weighted by Crippen LogP contribution is -1.96. The quantitative estimate of drug-likeness (QED) is 0.519. The van der Waals surface area contributed by atoms with Crippen LogP contribution < -0.4 is 5.32 Å². The number of carbonyl (C=O) groups is 1. The molecule has 0 unspecified atom stereocenters. The highest BCUT2D eigenvalue weighted by Crippen LogP contribution is 2.23. The molecule has 4 rings (SSSR count). The van der Waals surface area contributed by atoms with E-state index in [1.54, 1.807) is 23.6 Å². The van der Waals surface area contributed by atoms with Crippen molar-refractivity contribution in [3.8, 4) is 11.3 Å². The summed E-state index contributed by atoms with van der Waals surface area (Å²) in [6.45, 7) is 1.55. The highest BCUT2D eigenvalue weighted by Gasteiger charge is 2.09. The molecule has 6 heteroatoms. The van der Waals surface area contributed by atoms with Crippen LogP contribution in [-0.2, 0) is 0 Å². The number of benzene rings is 2. The van der Waals surface area contributed by atoms with E-state index in [4.69, 9.17) is 11.6 Å². The fourth-order valence-corrected chi connectivity index (χ4v) is 2.84. The van der Waals surface area contributed by atoms with E-state index in [0.29, 0.717) is 16.5 Å². The van der Waals surface area contributed by atoms with Gasteiger partial charge in [-0.15, -0.1) is 5.10 Å². The number of aromatic nitrogens is 3. The molecule has 5 nitrogen and oxygen atoms in total. The number of nitrogens with one attached hydrogen (secondary N) is 1. The molecule has 0 atom stereocenters. The van der Waals surface area contributed by atoms with Gasteiger partial charge in [0.05, 0.1) is 5.69 Å². The summed E-state index contributed by atoms with van der Waals surface area (Å²) in [6.07, 6.45) is 0. The Hall–Kier alpha value is -3.18. The van der Waals surface area contributed by atoms with Crippen LogP contribution >= 0.6 is 11.6 Å². The molecule has 0 aliphatic rings. The van der Waals surface area contributed by atoms with Crippen LogP contribution in [0.25, 0.3) is 16.9 Å². The first kappa shape index (κ1) is 16.3. The lowest BCUT2D eigenvalue weighted by atomic mass is 10.1. The number of fused-ring (bicyclic) bond motifs is 1. The van der Waals surface area contributed by atoms with Crippen molar-refractivity contribution in [3.05, 3.63) is 77.3 Å². The van der Waals surface area contributed by atoms with Crippen molar-refractivity contribution in [1.29, 1.82) is 0 Å². The average molecular weight is 363 g/mol. The van der Waals surface area contributed by atoms with Gasteiger partial charge in [-0.1, -0.05) is 29.8 Å². The van der Waals surface area contributed by atoms with Crippen LogP contribution in [-0.4, -0.2) is 20.4 Å². The Balaban J connectivity index is 1.68. The molecule has 0 saturated heterocycles. The number of carbonyl (C=O) groups excluding carboxylic acids is 1. The van der Waals surface area contributed by atoms with Gasteiger partial charge in [-0.2, -0.15) is 4.98 Å². The van der Waals surface area contributed by atoms with Crippen LogP contribution in [0.2, 0.25) is 5.02 Å². The second-order valence-electron chi connectivity index (χ2n) is 5.88. The van der Waals surface area contributed by atoms with Crippen molar-refractivity contribution >= 4 is 34.7 Å². The Morgan fingerprint density at radius 1 is 1.00 bits per heavy atom. The lowest BCUT2D eigenvalue weighted by molar-refractivity contribution is 0.101. The molecular weight excluding hydrogens is 348 g/mol. The molecule has 1 N–H and O–H groups in total. The molecule has 2 aromatic heterocycles. The first-order valence-corrected chi connectivity index (χ1v) is 8.48. The van der Waals surface area contributed by atoms with Crippen LogP contribution in [0, 0.1) is 0 Å². The first-order chi connectivity index (χ1) is 12.6. The topological polar surface area (TPSA) is 59.3 Å². The van der Waals surface area contributed by atoms with Crippen molar-refractivity contribution in [2.45, 2.75) is 6.92 Å². The molecular formula is C20H15ClN4O. The number of pyridine rings is 1. The maximum atomic E-state index is 11.4. The number of Topliss-reactive ketones (excluding diaryl/α,β-unsaturated/α-hetero) is 1. The fraction of sp³-hybridized carbons (Fsp3) is 0.0500. The second-order valence-corrected chi connectivity index (χ2v) is 6.32. The number of hydrogen-bond acceptors (Lipinski definition) is 4. The molecule has 4 aromatic rings. The third-order valence-electron chi connectivity index (χ3n) is 4.05. The minimum Gasteiger partial charge on any atom is -0.323 e. The summed E-state index contributed by atoms with van der Waals surface area (Å²) >= 11 is 5.98. The van der Waals surface area contributed by atoms with Crippen LogP contribution in [0.5, 0.6) is 0 Å². The SMILES string of the molecule is CC(=O)c1ccc(Nc2nc3cccc(-c4ccc(Cl)cc4)n3n2)cc1. The van der Waals surface area contributed by atoms with Gasteiger partial charge in [-0.05, 0) is 55.5 Å². The number of hydrogen-bond donors (Lipinski definition) is 1. The molecule has 128 valence electrons. The molecule has 2 aromatic carbocycles. The van der Waals surface area contributed by atoms with Gasteiger partial charge in [0.15, 0.2) is 11.4 Å². The largest absolute Gasteiger partial charge is 0.323 e. The van der Waals surface area contributed by atoms with E-state index in [2.05, 4.69) is 15.4 Å². The smallest absolute Gasteiger partial charge is 0.247 e. The van der Waals surface area contributed by atoms with Gasteiger partial charge in [0.2, 0.25) is 5.95 Å². The first-order valence-electron chi connectivity index (χ1n) is 8.10. The Morgan fingerprint density at radius 2 is 1.73 bits per heavy atom. The number of nitrogens with zero attached hydrogens (tertiary/aromatic N) is 3. The van der Waals surface area contributed by atoms with E-state index in [9.17, 15) is 4.79 Å². The predicted octanol–water partition coefficient (Wildman–Crippen LogP) is 5.00. The normalized spacial score (nSPS) is 10.8. The monoisotopic (exact) mass is 362 g/mol. The molecule has 0 aliphatic heterocycles. The van der Waals surface area contributed by atoms with Crippen molar-refractivity contribution < 1.29 is 4.79 Å². The van der Waals surface area contributed by atoms with Gasteiger partial charge in [0.25, 0.3) is 0 Å². The van der Waals surface area contributed by atoms with Crippen molar-refractivity contribution in [2.24, 2.45) is 0 Å². The Morgan fingerprint density at radius 3 is 2.42 bits per heavy atom. The van der Waals surface area contributed by atoms with E-state index >= 15 is 0 Å². The zero-order valence-corrected chi connectivity index (χ0v) is 14.7. The van der Waals surface area contributed by atoms with Gasteiger partial charge in [0, 0.05) is 21.8 Å². The van der Waals surface area contributed by atoms with Crippen LogP contribution in [0.15, 0.2) is 66.7 Å².